The van der Waals surface area contributed by atoms with Crippen LogP contribution in [0.25, 0.3) is 0 Å². The molecule has 564 valence electrons. The van der Waals surface area contributed by atoms with Gasteiger partial charge in [-0.25, -0.2) is 0 Å². The molecule has 3 N–H and O–H groups in total. The van der Waals surface area contributed by atoms with Crippen molar-refractivity contribution in [2.75, 3.05) is 88.6 Å². The molecule has 0 unspecified atom stereocenters. The first-order valence-corrected chi connectivity index (χ1v) is 35.6. The summed E-state index contributed by atoms with van der Waals surface area (Å²) in [5.74, 6) is -10.0. The third-order valence-corrected chi connectivity index (χ3v) is 21.5. The van der Waals surface area contributed by atoms with E-state index in [0.717, 1.165) is 73.4 Å². The van der Waals surface area contributed by atoms with Crippen molar-refractivity contribution in [3.63, 3.8) is 0 Å². The van der Waals surface area contributed by atoms with Gasteiger partial charge in [-0.2, -0.15) is 26.3 Å². The highest BCUT2D eigenvalue weighted by atomic mass is 35.5. The Morgan fingerprint density at radius 1 is 0.598 bits per heavy atom. The molecule has 2 aromatic rings. The zero-order valence-electron chi connectivity index (χ0n) is 60.0. The zero-order valence-corrected chi connectivity index (χ0v) is 60.7. The molecule has 12 amide bonds. The number of rotatable bonds is 10. The van der Waals surface area contributed by atoms with Crippen molar-refractivity contribution in [1.82, 2.24) is 60.0 Å². The molecule has 0 bridgehead atoms. The molecule has 7 rings (SSSR count). The second-order valence-electron chi connectivity index (χ2n) is 28.3. The van der Waals surface area contributed by atoms with Gasteiger partial charge >= 0.3 is 12.4 Å². The van der Waals surface area contributed by atoms with Crippen LogP contribution in [-0.4, -0.2) is 251 Å². The number of hydrogen-bond acceptors (Lipinski definition) is 12. The molecule has 2 aliphatic carbocycles. The van der Waals surface area contributed by atoms with Crippen LogP contribution in [0.5, 0.6) is 0 Å². The molecule has 2 saturated carbocycles. The minimum atomic E-state index is -4.81. The predicted molar refractivity (Wildman–Crippen MR) is 364 cm³/mol. The molecule has 31 heteroatoms. The van der Waals surface area contributed by atoms with Gasteiger partial charge in [-0.3, -0.25) is 57.5 Å². The first-order valence-electron chi connectivity index (χ1n) is 35.3. The summed E-state index contributed by atoms with van der Waals surface area (Å²) in [6.45, 7) is 3.57. The Labute approximate surface area is 597 Å². The highest BCUT2D eigenvalue weighted by molar-refractivity contribution is 6.31. The average Bonchev–Trinajstić information content (AvgIpc) is 1.43. The van der Waals surface area contributed by atoms with Crippen LogP contribution in [0, 0.1) is 11.8 Å². The van der Waals surface area contributed by atoms with E-state index in [-0.39, 0.29) is 62.6 Å². The fourth-order valence-electron chi connectivity index (χ4n) is 14.7. The number of nitrogens with zero attached hydrogens (tertiary/aromatic N) is 9. The van der Waals surface area contributed by atoms with Gasteiger partial charge < -0.3 is 60.0 Å². The number of amides is 12. The van der Waals surface area contributed by atoms with E-state index in [1.807, 2.05) is 0 Å². The minimum absolute atomic E-state index is 0.0221. The van der Waals surface area contributed by atoms with E-state index in [4.69, 9.17) is 11.6 Å². The summed E-state index contributed by atoms with van der Waals surface area (Å²) in [5.41, 5.74) is -3.39. The second kappa shape index (κ2) is 35.0. The van der Waals surface area contributed by atoms with Crippen molar-refractivity contribution < 1.29 is 83.9 Å². The molecule has 1 spiro atoms. The number of halogens is 7. The van der Waals surface area contributed by atoms with E-state index in [2.05, 4.69) is 16.0 Å². The Morgan fingerprint density at radius 3 is 1.78 bits per heavy atom. The van der Waals surface area contributed by atoms with Crippen molar-refractivity contribution in [3.05, 3.63) is 69.7 Å². The van der Waals surface area contributed by atoms with Gasteiger partial charge in [-0.1, -0.05) is 89.1 Å². The van der Waals surface area contributed by atoms with Gasteiger partial charge in [-0.05, 0) is 118 Å². The van der Waals surface area contributed by atoms with Gasteiger partial charge in [0.2, 0.25) is 70.9 Å². The van der Waals surface area contributed by atoms with Crippen LogP contribution < -0.4 is 16.0 Å². The largest absolute Gasteiger partial charge is 0.417 e. The number of aryl methyl sites for hydroxylation is 1. The highest BCUT2D eigenvalue weighted by Gasteiger charge is 2.51. The molecule has 3 saturated heterocycles. The van der Waals surface area contributed by atoms with Crippen molar-refractivity contribution in [2.45, 2.75) is 203 Å². The Balaban J connectivity index is 1.29. The number of carbonyl (C=O) groups is 12. The lowest BCUT2D eigenvalue weighted by Gasteiger charge is -2.43. The molecule has 24 nitrogen and oxygen atoms in total. The SMILES string of the molecule is CC[C@H](C)[C@@H]1NC(=O)[C@H](CC)N(C)C(=O)C[C@@H](C(=O)N2CCCC2)N(C)C(=O)[C@H](C2CCCCC2)N(C)C(=O)C2(CCCC2)NC(=O)[C@@H]2CCCN2C(=O)[C@H](CCc2ccc(C(F)(F)F)c(Cl)c2)NC(=O)CN(C)C(=O)[C@H](Cc2ccc(C(F)(F)F)cc2)N(C)C(=O)CN(C)C(=O)CN(C)C1=O. The van der Waals surface area contributed by atoms with Crippen LogP contribution in [0.3, 0.4) is 0 Å². The summed E-state index contributed by atoms with van der Waals surface area (Å²) >= 11 is 6.12. The van der Waals surface area contributed by atoms with E-state index in [0.29, 0.717) is 70.9 Å². The van der Waals surface area contributed by atoms with E-state index in [1.54, 1.807) is 25.7 Å². The molecule has 2 aromatic carbocycles. The monoisotopic (exact) mass is 1460 g/mol. The van der Waals surface area contributed by atoms with E-state index < -0.39 is 192 Å². The molecule has 3 aliphatic heterocycles. The molecular formula is C71H99ClF6N12O12. The standard InChI is InChI=1S/C71H99ClF6N12O12/c1-11-43(3)59-66(100)84(6)41-57(93)82(4)42-58(94)86(8)53(38-45-24-28-47(29-25-45)70(73,74)75)64(98)83(5)40-55(91)79-50(31-27-44-26-30-48(49(72)37-44)71(76,77)78)63(97)90-36-20-23-52(90)62(96)81-69(32-16-17-33-69)68(102)88(10)60(46-21-14-13-15-22-46)67(101)87(9)54(65(99)89-34-18-19-35-89)39-56(92)85(7)51(12-2)61(95)80-59/h24-26,28-30,37,43,46,50-54,59-60H,11-23,27,31-36,38-42H2,1-10H3,(H,79,91)(H,80,95)(H,81,96)/t43-,50-,51-,52-,53-,54-,59-,60-/m0/s1. The third kappa shape index (κ3) is 19.6. The minimum Gasteiger partial charge on any atom is -0.343 e. The van der Waals surface area contributed by atoms with Crippen molar-refractivity contribution in [3.8, 4) is 0 Å². The summed E-state index contributed by atoms with van der Waals surface area (Å²) in [6, 6.07) is -2.79. The maximum atomic E-state index is 15.7. The van der Waals surface area contributed by atoms with Gasteiger partial charge in [0.15, 0.2) is 0 Å². The lowest BCUT2D eigenvalue weighted by molar-refractivity contribution is -0.156. The topological polar surface area (TPSA) is 270 Å². The molecule has 5 fully saturated rings. The number of carbonyl (C=O) groups excluding carboxylic acids is 12. The first-order chi connectivity index (χ1) is 47.9. The third-order valence-electron chi connectivity index (χ3n) is 21.2. The van der Waals surface area contributed by atoms with Crippen molar-refractivity contribution in [2.24, 2.45) is 11.8 Å². The maximum Gasteiger partial charge on any atom is 0.417 e. The van der Waals surface area contributed by atoms with Gasteiger partial charge in [0.25, 0.3) is 0 Å². The Morgan fingerprint density at radius 2 is 1.20 bits per heavy atom. The van der Waals surface area contributed by atoms with Crippen LogP contribution in [0.15, 0.2) is 42.5 Å². The number of benzene rings is 2. The lowest BCUT2D eigenvalue weighted by Crippen LogP contribution is -2.65. The van der Waals surface area contributed by atoms with Gasteiger partial charge in [-0.15, -0.1) is 0 Å². The Bertz CT molecular complexity index is 3400. The molecule has 8 atom stereocenters. The Kier molecular flexibility index (Phi) is 27.8. The zero-order chi connectivity index (χ0) is 75.5. The number of likely N-dealkylation sites (N-methyl/N-ethyl adjacent to an activating group) is 7. The van der Waals surface area contributed by atoms with Crippen molar-refractivity contribution >= 4 is 82.5 Å². The first kappa shape index (κ1) is 81.3. The normalized spacial score (nSPS) is 25.5. The molecule has 3 heterocycles. The van der Waals surface area contributed by atoms with Crippen LogP contribution in [0.1, 0.15) is 152 Å². The highest BCUT2D eigenvalue weighted by Crippen LogP contribution is 2.38. The van der Waals surface area contributed by atoms with Crippen LogP contribution in [0.4, 0.5) is 26.3 Å². The number of fused-ring (bicyclic) bond motifs is 1. The summed E-state index contributed by atoms with van der Waals surface area (Å²) in [7, 11) is 9.20. The van der Waals surface area contributed by atoms with Gasteiger partial charge in [0.05, 0.1) is 42.2 Å². The number of alkyl halides is 6. The lowest BCUT2D eigenvalue weighted by atomic mass is 9.81. The smallest absolute Gasteiger partial charge is 0.343 e. The van der Waals surface area contributed by atoms with E-state index >= 15 is 19.2 Å². The van der Waals surface area contributed by atoms with Crippen molar-refractivity contribution in [1.29, 1.82) is 0 Å². The summed E-state index contributed by atoms with van der Waals surface area (Å²) in [4.78, 5) is 188. The average molecular weight is 1460 g/mol. The van der Waals surface area contributed by atoms with Crippen LogP contribution >= 0.6 is 11.6 Å². The fraction of sp³-hybridized carbons (Fsp3) is 0.662. The van der Waals surface area contributed by atoms with E-state index in [9.17, 15) is 64.7 Å². The van der Waals surface area contributed by atoms with Gasteiger partial charge in [0.1, 0.15) is 47.8 Å². The molecule has 5 aliphatic rings. The molecule has 0 radical (unpaired) electrons. The fourth-order valence-corrected chi connectivity index (χ4v) is 15.0. The number of likely N-dealkylation sites (tertiary alicyclic amines) is 1. The number of hydrogen-bond donors (Lipinski definition) is 3. The second-order valence-corrected chi connectivity index (χ2v) is 28.7. The summed E-state index contributed by atoms with van der Waals surface area (Å²) in [6.07, 6.45) is -4.49. The Hall–Kier alpha value is -8.05. The van der Waals surface area contributed by atoms with Gasteiger partial charge in [0, 0.05) is 75.4 Å². The van der Waals surface area contributed by atoms with E-state index in [1.165, 1.54) is 64.0 Å². The molecule has 102 heavy (non-hydrogen) atoms. The molecule has 0 aromatic heterocycles. The summed E-state index contributed by atoms with van der Waals surface area (Å²) in [5, 5.41) is 7.83. The predicted octanol–water partition coefficient (Wildman–Crippen LogP) is 5.69. The molecular weight excluding hydrogens is 1360 g/mol. The summed E-state index contributed by atoms with van der Waals surface area (Å²) < 4.78 is 82.9. The maximum absolute atomic E-state index is 15.7. The quantitative estimate of drug-likeness (QED) is 0.242. The van der Waals surface area contributed by atoms with Crippen LogP contribution in [0.2, 0.25) is 5.02 Å². The van der Waals surface area contributed by atoms with Crippen LogP contribution in [-0.2, 0) is 82.7 Å². The number of nitrogens with one attached hydrogen (secondary N) is 3.